The summed E-state index contributed by atoms with van der Waals surface area (Å²) in [4.78, 5) is 10.5. The highest BCUT2D eigenvalue weighted by molar-refractivity contribution is 5.64. The third kappa shape index (κ3) is 6.85. The highest BCUT2D eigenvalue weighted by Gasteiger charge is 2.11. The van der Waals surface area contributed by atoms with E-state index in [2.05, 4.69) is 20.6 Å². The van der Waals surface area contributed by atoms with Gasteiger partial charge in [0.15, 0.2) is 0 Å². The van der Waals surface area contributed by atoms with Crippen LogP contribution in [0, 0.1) is 0 Å². The maximum absolute atomic E-state index is 10.5. The zero-order valence-corrected chi connectivity index (χ0v) is 14.0. The molecule has 0 atom stereocenters. The maximum atomic E-state index is 10.5. The number of nitrogens with one attached hydrogen (secondary N) is 2. The predicted molar refractivity (Wildman–Crippen MR) is 92.2 cm³/mol. The fraction of sp³-hybridized carbons (Fsp3) is 0.588. The topological polar surface area (TPSA) is 95.8 Å². The quantitative estimate of drug-likeness (QED) is 0.780. The van der Waals surface area contributed by atoms with Gasteiger partial charge in [-0.15, -0.1) is 0 Å². The summed E-state index contributed by atoms with van der Waals surface area (Å²) in [6.07, 6.45) is 17.1. The molecule has 2 aromatic heterocycles. The van der Waals surface area contributed by atoms with E-state index in [0.29, 0.717) is 0 Å². The molecule has 0 bridgehead atoms. The highest BCUT2D eigenvalue weighted by Crippen LogP contribution is 2.16. The molecule has 1 aliphatic carbocycles. The van der Waals surface area contributed by atoms with Crippen LogP contribution in [0.4, 0.5) is 4.79 Å². The Labute approximate surface area is 142 Å². The molecule has 0 saturated heterocycles. The SMILES string of the molecule is O=C(O)NC1CCCCCCCCC1.c1cnn(-c2cn[nH]c2)c1. The van der Waals surface area contributed by atoms with Gasteiger partial charge in [-0.1, -0.05) is 44.9 Å². The van der Waals surface area contributed by atoms with Gasteiger partial charge < -0.3 is 10.4 Å². The molecule has 3 N–H and O–H groups in total. The minimum atomic E-state index is -0.868. The van der Waals surface area contributed by atoms with Crippen molar-refractivity contribution in [2.75, 3.05) is 0 Å². The predicted octanol–water partition coefficient (Wildman–Crippen LogP) is 3.74. The van der Waals surface area contributed by atoms with Gasteiger partial charge in [-0.05, 0) is 18.9 Å². The van der Waals surface area contributed by atoms with Crippen LogP contribution in [0.2, 0.25) is 0 Å². The fourth-order valence-electron chi connectivity index (χ4n) is 2.92. The van der Waals surface area contributed by atoms with Gasteiger partial charge in [0.05, 0.1) is 6.20 Å². The van der Waals surface area contributed by atoms with Crippen molar-refractivity contribution in [1.82, 2.24) is 25.3 Å². The van der Waals surface area contributed by atoms with Crippen LogP contribution in [-0.2, 0) is 0 Å². The molecule has 0 spiro atoms. The van der Waals surface area contributed by atoms with Gasteiger partial charge in [-0.3, -0.25) is 5.10 Å². The standard InChI is InChI=1S/C11H21NO2.C6H6N4/c13-11(14)12-10-8-6-4-2-1-3-5-7-9-10;1-2-9-10(3-1)6-4-7-8-5-6/h10,12H,1-9H2,(H,13,14);1-5H,(H,7,8). The Morgan fingerprint density at radius 3 is 2.33 bits per heavy atom. The molecular formula is C17H27N5O2. The number of H-pyrrole nitrogens is 1. The van der Waals surface area contributed by atoms with Crippen LogP contribution in [0.15, 0.2) is 30.9 Å². The van der Waals surface area contributed by atoms with Crippen molar-refractivity contribution < 1.29 is 9.90 Å². The highest BCUT2D eigenvalue weighted by atomic mass is 16.4. The Bertz CT molecular complexity index is 511. The van der Waals surface area contributed by atoms with Crippen LogP contribution in [0.1, 0.15) is 57.8 Å². The van der Waals surface area contributed by atoms with Crippen molar-refractivity contribution in [3.8, 4) is 5.69 Å². The number of carboxylic acid groups (broad SMARTS) is 1. The number of rotatable bonds is 2. The Balaban J connectivity index is 0.000000182. The number of aromatic nitrogens is 4. The summed E-state index contributed by atoms with van der Waals surface area (Å²) >= 11 is 0. The van der Waals surface area contributed by atoms with E-state index in [1.165, 1.54) is 44.9 Å². The van der Waals surface area contributed by atoms with E-state index in [1.807, 2.05) is 12.3 Å². The molecule has 132 valence electrons. The van der Waals surface area contributed by atoms with Crippen LogP contribution in [0.25, 0.3) is 5.69 Å². The minimum Gasteiger partial charge on any atom is -0.465 e. The first-order valence-electron chi connectivity index (χ1n) is 8.74. The number of hydrogen-bond donors (Lipinski definition) is 3. The van der Waals surface area contributed by atoms with Crippen molar-refractivity contribution >= 4 is 6.09 Å². The Hall–Kier alpha value is -2.31. The van der Waals surface area contributed by atoms with Gasteiger partial charge in [-0.2, -0.15) is 10.2 Å². The normalized spacial score (nSPS) is 16.7. The second kappa shape index (κ2) is 10.5. The summed E-state index contributed by atoms with van der Waals surface area (Å²) in [5, 5.41) is 21.8. The van der Waals surface area contributed by atoms with E-state index >= 15 is 0 Å². The van der Waals surface area contributed by atoms with E-state index in [1.54, 1.807) is 23.3 Å². The lowest BCUT2D eigenvalue weighted by atomic mass is 9.98. The Morgan fingerprint density at radius 2 is 1.83 bits per heavy atom. The molecule has 24 heavy (non-hydrogen) atoms. The zero-order chi connectivity index (χ0) is 17.0. The van der Waals surface area contributed by atoms with E-state index in [4.69, 9.17) is 5.11 Å². The van der Waals surface area contributed by atoms with Crippen LogP contribution in [-0.4, -0.2) is 37.2 Å². The van der Waals surface area contributed by atoms with Crippen molar-refractivity contribution in [3.05, 3.63) is 30.9 Å². The van der Waals surface area contributed by atoms with Crippen molar-refractivity contribution in [1.29, 1.82) is 0 Å². The average Bonchev–Trinajstić information content (AvgIpc) is 3.26. The third-order valence-electron chi connectivity index (χ3n) is 4.19. The van der Waals surface area contributed by atoms with Crippen molar-refractivity contribution in [3.63, 3.8) is 0 Å². The Morgan fingerprint density at radius 1 is 1.17 bits per heavy atom. The summed E-state index contributed by atoms with van der Waals surface area (Å²) in [6.45, 7) is 0. The van der Waals surface area contributed by atoms with Gasteiger partial charge in [0, 0.05) is 24.6 Å². The van der Waals surface area contributed by atoms with Crippen LogP contribution in [0.3, 0.4) is 0 Å². The molecule has 0 radical (unpaired) electrons. The van der Waals surface area contributed by atoms with Crippen LogP contribution in [0.5, 0.6) is 0 Å². The van der Waals surface area contributed by atoms with Gasteiger partial charge in [-0.25, -0.2) is 9.48 Å². The lowest BCUT2D eigenvalue weighted by Gasteiger charge is -2.18. The molecule has 3 rings (SSSR count). The molecule has 2 aromatic rings. The summed E-state index contributed by atoms with van der Waals surface area (Å²) in [7, 11) is 0. The second-order valence-electron chi connectivity index (χ2n) is 6.11. The van der Waals surface area contributed by atoms with Gasteiger partial charge in [0.2, 0.25) is 0 Å². The fourth-order valence-corrected chi connectivity index (χ4v) is 2.92. The minimum absolute atomic E-state index is 0.200. The Kier molecular flexibility index (Phi) is 7.86. The lowest BCUT2D eigenvalue weighted by molar-refractivity contribution is 0.187. The number of carbonyl (C=O) groups is 1. The molecule has 0 unspecified atom stereocenters. The molecule has 2 heterocycles. The van der Waals surface area contributed by atoms with Crippen molar-refractivity contribution in [2.24, 2.45) is 0 Å². The van der Waals surface area contributed by atoms with Crippen LogP contribution >= 0.6 is 0 Å². The molecule has 7 nitrogen and oxygen atoms in total. The first-order valence-corrected chi connectivity index (χ1v) is 8.74. The zero-order valence-electron chi connectivity index (χ0n) is 14.0. The monoisotopic (exact) mass is 333 g/mol. The van der Waals surface area contributed by atoms with Crippen LogP contribution < -0.4 is 5.32 Å². The van der Waals surface area contributed by atoms with E-state index < -0.39 is 6.09 Å². The average molecular weight is 333 g/mol. The molecular weight excluding hydrogens is 306 g/mol. The first kappa shape index (κ1) is 18.0. The largest absolute Gasteiger partial charge is 0.465 e. The number of aromatic amines is 1. The molecule has 1 amide bonds. The molecule has 7 heteroatoms. The van der Waals surface area contributed by atoms with Gasteiger partial charge in [0.1, 0.15) is 5.69 Å². The summed E-state index contributed by atoms with van der Waals surface area (Å²) < 4.78 is 1.74. The van der Waals surface area contributed by atoms with E-state index in [-0.39, 0.29) is 6.04 Å². The molecule has 0 aliphatic heterocycles. The molecule has 1 saturated carbocycles. The van der Waals surface area contributed by atoms with Crippen molar-refractivity contribution in [2.45, 2.75) is 63.8 Å². The first-order chi connectivity index (χ1) is 11.8. The van der Waals surface area contributed by atoms with Gasteiger partial charge >= 0.3 is 6.09 Å². The third-order valence-corrected chi connectivity index (χ3v) is 4.19. The molecule has 1 aliphatic rings. The van der Waals surface area contributed by atoms with Gasteiger partial charge in [0.25, 0.3) is 0 Å². The number of amides is 1. The molecule has 1 fully saturated rings. The molecule has 0 aromatic carbocycles. The van der Waals surface area contributed by atoms with E-state index in [9.17, 15) is 4.79 Å². The summed E-state index contributed by atoms with van der Waals surface area (Å²) in [5.74, 6) is 0. The summed E-state index contributed by atoms with van der Waals surface area (Å²) in [6, 6.07) is 2.07. The number of hydrogen-bond acceptors (Lipinski definition) is 3. The van der Waals surface area contributed by atoms with E-state index in [0.717, 1.165) is 18.5 Å². The maximum Gasteiger partial charge on any atom is 0.404 e. The smallest absolute Gasteiger partial charge is 0.404 e. The lowest BCUT2D eigenvalue weighted by Crippen LogP contribution is -2.33. The second-order valence-corrected chi connectivity index (χ2v) is 6.11. The summed E-state index contributed by atoms with van der Waals surface area (Å²) in [5.41, 5.74) is 0.949. The number of nitrogens with zero attached hydrogens (tertiary/aromatic N) is 3.